The Morgan fingerprint density at radius 2 is 1.96 bits per heavy atom. The first-order valence-electron chi connectivity index (χ1n) is 8.98. The predicted molar refractivity (Wildman–Crippen MR) is 96.3 cm³/mol. The molecule has 3 rings (SSSR count). The molecule has 1 saturated heterocycles. The summed E-state index contributed by atoms with van der Waals surface area (Å²) < 4.78 is 5.17. The second kappa shape index (κ2) is 6.30. The molecule has 2 aliphatic rings. The van der Waals surface area contributed by atoms with E-state index in [1.807, 2.05) is 12.1 Å². The van der Waals surface area contributed by atoms with Gasteiger partial charge in [0.2, 0.25) is 0 Å². The number of methoxy groups -OCH3 is 1. The molecular formula is C20H30N2O2. The molecular weight excluding hydrogens is 300 g/mol. The van der Waals surface area contributed by atoms with Gasteiger partial charge in [0.1, 0.15) is 5.75 Å². The van der Waals surface area contributed by atoms with Gasteiger partial charge in [-0.1, -0.05) is 32.9 Å². The first-order valence-corrected chi connectivity index (χ1v) is 8.98. The molecule has 0 radical (unpaired) electrons. The molecule has 2 amide bonds. The van der Waals surface area contributed by atoms with Crippen molar-refractivity contribution in [3.8, 4) is 5.75 Å². The van der Waals surface area contributed by atoms with Gasteiger partial charge in [-0.05, 0) is 54.2 Å². The maximum Gasteiger partial charge on any atom is 0.317 e. The maximum absolute atomic E-state index is 12.6. The minimum absolute atomic E-state index is 0.106. The van der Waals surface area contributed by atoms with Crippen LogP contribution in [0.2, 0.25) is 0 Å². The van der Waals surface area contributed by atoms with Gasteiger partial charge < -0.3 is 15.0 Å². The maximum atomic E-state index is 12.6. The lowest BCUT2D eigenvalue weighted by Crippen LogP contribution is -2.44. The summed E-state index contributed by atoms with van der Waals surface area (Å²) in [4.78, 5) is 14.7. The number of urea groups is 1. The Bertz CT molecular complexity index is 596. The van der Waals surface area contributed by atoms with E-state index in [2.05, 4.69) is 43.1 Å². The zero-order valence-corrected chi connectivity index (χ0v) is 15.4. The molecule has 2 unspecified atom stereocenters. The number of benzene rings is 1. The van der Waals surface area contributed by atoms with Gasteiger partial charge >= 0.3 is 6.03 Å². The highest BCUT2D eigenvalue weighted by molar-refractivity contribution is 5.75. The van der Waals surface area contributed by atoms with Crippen molar-refractivity contribution in [3.63, 3.8) is 0 Å². The van der Waals surface area contributed by atoms with E-state index in [-0.39, 0.29) is 6.03 Å². The highest BCUT2D eigenvalue weighted by Gasteiger charge is 2.50. The molecule has 1 heterocycles. The van der Waals surface area contributed by atoms with Crippen molar-refractivity contribution in [3.05, 3.63) is 29.8 Å². The first kappa shape index (κ1) is 17.1. The smallest absolute Gasteiger partial charge is 0.317 e. The van der Waals surface area contributed by atoms with Crippen molar-refractivity contribution in [1.29, 1.82) is 0 Å². The van der Waals surface area contributed by atoms with E-state index in [0.29, 0.717) is 23.4 Å². The molecule has 1 aromatic carbocycles. The van der Waals surface area contributed by atoms with Gasteiger partial charge in [-0.25, -0.2) is 4.79 Å². The van der Waals surface area contributed by atoms with Crippen LogP contribution in [0, 0.1) is 10.8 Å². The fourth-order valence-electron chi connectivity index (χ4n) is 4.90. The number of carbonyl (C=O) groups excluding carboxylic acids is 1. The second-order valence-corrected chi connectivity index (χ2v) is 8.67. The number of ether oxygens (including phenoxy) is 1. The summed E-state index contributed by atoms with van der Waals surface area (Å²) in [6.45, 7) is 8.58. The minimum atomic E-state index is 0.106. The molecule has 24 heavy (non-hydrogen) atoms. The fourth-order valence-corrected chi connectivity index (χ4v) is 4.90. The zero-order valence-electron chi connectivity index (χ0n) is 15.4. The lowest BCUT2D eigenvalue weighted by Gasteiger charge is -2.39. The summed E-state index contributed by atoms with van der Waals surface area (Å²) in [6, 6.07) is 8.54. The molecule has 132 valence electrons. The Morgan fingerprint density at radius 1 is 1.25 bits per heavy atom. The van der Waals surface area contributed by atoms with Crippen LogP contribution in [0.3, 0.4) is 0 Å². The Labute approximate surface area is 145 Å². The highest BCUT2D eigenvalue weighted by Crippen LogP contribution is 2.52. The second-order valence-electron chi connectivity index (χ2n) is 8.67. The van der Waals surface area contributed by atoms with Crippen molar-refractivity contribution in [2.75, 3.05) is 20.2 Å². The molecule has 2 fully saturated rings. The number of carbonyl (C=O) groups is 1. The summed E-state index contributed by atoms with van der Waals surface area (Å²) in [6.07, 6.45) is 4.33. The molecule has 2 bridgehead atoms. The molecule has 0 spiro atoms. The number of fused-ring (bicyclic) bond motifs is 2. The minimum Gasteiger partial charge on any atom is -0.497 e. The van der Waals surface area contributed by atoms with Gasteiger partial charge in [-0.15, -0.1) is 0 Å². The van der Waals surface area contributed by atoms with Gasteiger partial charge in [-0.3, -0.25) is 0 Å². The normalized spacial score (nSPS) is 27.8. The number of nitrogens with one attached hydrogen (secondary N) is 1. The molecule has 4 heteroatoms. The van der Waals surface area contributed by atoms with Crippen LogP contribution in [-0.4, -0.2) is 37.2 Å². The van der Waals surface area contributed by atoms with Crippen molar-refractivity contribution in [2.24, 2.45) is 10.8 Å². The first-order chi connectivity index (χ1) is 11.3. The van der Waals surface area contributed by atoms with Crippen LogP contribution in [0.25, 0.3) is 0 Å². The molecule has 4 nitrogen and oxygen atoms in total. The SMILES string of the molecule is COc1ccc(CCNC(=O)N2CC3(C)CC2CC(C)(C)C3)cc1. The average Bonchev–Trinajstić information content (AvgIpc) is 2.77. The Hall–Kier alpha value is -1.71. The van der Waals surface area contributed by atoms with E-state index in [4.69, 9.17) is 4.74 Å². The van der Waals surface area contributed by atoms with Crippen molar-refractivity contribution in [1.82, 2.24) is 10.2 Å². The van der Waals surface area contributed by atoms with E-state index in [0.717, 1.165) is 31.6 Å². The van der Waals surface area contributed by atoms with Crippen LogP contribution in [0.4, 0.5) is 4.79 Å². The van der Waals surface area contributed by atoms with Crippen LogP contribution in [0.15, 0.2) is 24.3 Å². The van der Waals surface area contributed by atoms with E-state index < -0.39 is 0 Å². The van der Waals surface area contributed by atoms with Crippen LogP contribution in [-0.2, 0) is 6.42 Å². The van der Waals surface area contributed by atoms with Crippen molar-refractivity contribution >= 4 is 6.03 Å². The lowest BCUT2D eigenvalue weighted by atomic mass is 9.65. The third-order valence-corrected chi connectivity index (χ3v) is 5.52. The van der Waals surface area contributed by atoms with Gasteiger partial charge in [0.15, 0.2) is 0 Å². The number of hydrogen-bond donors (Lipinski definition) is 1. The number of nitrogens with zero attached hydrogens (tertiary/aromatic N) is 1. The summed E-state index contributed by atoms with van der Waals surface area (Å²) >= 11 is 0. The van der Waals surface area contributed by atoms with Gasteiger partial charge in [0.05, 0.1) is 7.11 Å². The largest absolute Gasteiger partial charge is 0.497 e. The number of rotatable bonds is 4. The van der Waals surface area contributed by atoms with Crippen molar-refractivity contribution < 1.29 is 9.53 Å². The molecule has 2 atom stereocenters. The Kier molecular flexibility index (Phi) is 4.50. The molecule has 1 aliphatic carbocycles. The van der Waals surface area contributed by atoms with Gasteiger partial charge in [0.25, 0.3) is 0 Å². The summed E-state index contributed by atoms with van der Waals surface area (Å²) in [5.41, 5.74) is 1.85. The van der Waals surface area contributed by atoms with E-state index in [9.17, 15) is 4.79 Å². The number of amides is 2. The summed E-state index contributed by atoms with van der Waals surface area (Å²) in [7, 11) is 1.67. The average molecular weight is 330 g/mol. The van der Waals surface area contributed by atoms with E-state index >= 15 is 0 Å². The summed E-state index contributed by atoms with van der Waals surface area (Å²) in [5, 5.41) is 3.11. The highest BCUT2D eigenvalue weighted by atomic mass is 16.5. The molecule has 1 aromatic rings. The standard InChI is InChI=1S/C20H30N2O2/c1-19(2)11-16-12-20(3,13-19)14-22(16)18(23)21-10-9-15-5-7-17(24-4)8-6-15/h5-8,16H,9-14H2,1-4H3,(H,21,23). The van der Waals surface area contributed by atoms with E-state index in [1.54, 1.807) is 7.11 Å². The molecule has 0 aromatic heterocycles. The van der Waals surface area contributed by atoms with Crippen LogP contribution in [0.1, 0.15) is 45.6 Å². The Balaban J connectivity index is 1.52. The quantitative estimate of drug-likeness (QED) is 0.911. The van der Waals surface area contributed by atoms with Crippen molar-refractivity contribution in [2.45, 2.75) is 52.5 Å². The summed E-state index contributed by atoms with van der Waals surface area (Å²) in [5.74, 6) is 0.864. The number of hydrogen-bond acceptors (Lipinski definition) is 2. The lowest BCUT2D eigenvalue weighted by molar-refractivity contribution is 0.129. The third-order valence-electron chi connectivity index (χ3n) is 5.52. The van der Waals surface area contributed by atoms with Crippen LogP contribution < -0.4 is 10.1 Å². The van der Waals surface area contributed by atoms with Crippen LogP contribution in [0.5, 0.6) is 5.75 Å². The zero-order chi connectivity index (χ0) is 17.4. The predicted octanol–water partition coefficient (Wildman–Crippen LogP) is 3.85. The monoisotopic (exact) mass is 330 g/mol. The molecule has 1 N–H and O–H groups in total. The number of likely N-dealkylation sites (tertiary alicyclic amines) is 1. The fraction of sp³-hybridized carbons (Fsp3) is 0.650. The van der Waals surface area contributed by atoms with Gasteiger partial charge in [-0.2, -0.15) is 0 Å². The van der Waals surface area contributed by atoms with Gasteiger partial charge in [0, 0.05) is 19.1 Å². The Morgan fingerprint density at radius 3 is 2.62 bits per heavy atom. The van der Waals surface area contributed by atoms with Crippen LogP contribution >= 0.6 is 0 Å². The third kappa shape index (κ3) is 3.68. The molecule has 1 saturated carbocycles. The molecule has 1 aliphatic heterocycles. The van der Waals surface area contributed by atoms with E-state index in [1.165, 1.54) is 12.0 Å². The topological polar surface area (TPSA) is 41.6 Å².